The van der Waals surface area contributed by atoms with Crippen molar-refractivity contribution in [1.29, 1.82) is 0 Å². The van der Waals surface area contributed by atoms with Crippen LogP contribution in [0.1, 0.15) is 59.9 Å². The number of nitrogens with zero attached hydrogens (tertiary/aromatic N) is 1. The van der Waals surface area contributed by atoms with Crippen LogP contribution in [-0.2, 0) is 21.5 Å². The third-order valence-corrected chi connectivity index (χ3v) is 5.11. The highest BCUT2D eigenvalue weighted by Crippen LogP contribution is 2.23. The Morgan fingerprint density at radius 1 is 1.24 bits per heavy atom. The Hall–Kier alpha value is -1.56. The first-order chi connectivity index (χ1) is 11.5. The van der Waals surface area contributed by atoms with Gasteiger partial charge in [0.1, 0.15) is 5.75 Å². The fourth-order valence-electron chi connectivity index (χ4n) is 2.36. The van der Waals surface area contributed by atoms with E-state index in [1.807, 2.05) is 38.7 Å². The van der Waals surface area contributed by atoms with Gasteiger partial charge in [-0.25, -0.2) is 0 Å². The van der Waals surface area contributed by atoms with Crippen LogP contribution in [0.25, 0.3) is 0 Å². The molecule has 0 aliphatic carbocycles. The van der Waals surface area contributed by atoms with Crippen LogP contribution in [0.4, 0.5) is 0 Å². The third-order valence-electron chi connectivity index (χ3n) is 3.95. The van der Waals surface area contributed by atoms with Crippen LogP contribution >= 0.6 is 0 Å². The van der Waals surface area contributed by atoms with E-state index in [1.165, 1.54) is 6.92 Å². The first-order valence-electron chi connectivity index (χ1n) is 8.78. The molecule has 0 radical (unpaired) electrons. The maximum absolute atomic E-state index is 12.7. The maximum Gasteiger partial charge on any atom is 0.308 e. The van der Waals surface area contributed by atoms with Gasteiger partial charge >= 0.3 is 10.1 Å². The van der Waals surface area contributed by atoms with Gasteiger partial charge in [0.05, 0.1) is 5.75 Å². The molecule has 0 saturated carbocycles. The summed E-state index contributed by atoms with van der Waals surface area (Å²) in [4.78, 5) is 14.6. The Morgan fingerprint density at radius 2 is 1.88 bits per heavy atom. The number of carbonyl (C=O) groups excluding carboxylic acids is 1. The number of benzene rings is 1. The highest BCUT2D eigenvalue weighted by atomic mass is 32.2. The Bertz CT molecular complexity index is 677. The molecule has 142 valence electrons. The average Bonchev–Trinajstić information content (AvgIpc) is 2.50. The standard InChI is InChI=1S/C19H31NO4S/c1-7-15(3)20(18(21)13-19(4,5)6)14-16-10-9-11-17(12-16)24-25(22,23)8-2/h9-12,15H,7-8,13-14H2,1-6H3. The van der Waals surface area contributed by atoms with Gasteiger partial charge in [-0.15, -0.1) is 0 Å². The lowest BCUT2D eigenvalue weighted by Gasteiger charge is -2.31. The van der Waals surface area contributed by atoms with Crippen molar-refractivity contribution in [2.45, 2.75) is 67.0 Å². The van der Waals surface area contributed by atoms with Crippen LogP contribution in [0.3, 0.4) is 0 Å². The zero-order chi connectivity index (χ0) is 19.3. The molecule has 0 aliphatic heterocycles. The first-order valence-corrected chi connectivity index (χ1v) is 10.4. The Balaban J connectivity index is 2.99. The highest BCUT2D eigenvalue weighted by molar-refractivity contribution is 7.87. The molecule has 1 aromatic carbocycles. The maximum atomic E-state index is 12.7. The first kappa shape index (κ1) is 21.5. The normalized spacial score (nSPS) is 13.4. The van der Waals surface area contributed by atoms with Crippen molar-refractivity contribution < 1.29 is 17.4 Å². The van der Waals surface area contributed by atoms with Crippen LogP contribution in [0.15, 0.2) is 24.3 Å². The lowest BCUT2D eigenvalue weighted by atomic mass is 9.91. The van der Waals surface area contributed by atoms with Gasteiger partial charge in [-0.1, -0.05) is 39.8 Å². The smallest absolute Gasteiger partial charge is 0.308 e. The van der Waals surface area contributed by atoms with Crippen LogP contribution in [0, 0.1) is 5.41 Å². The molecule has 1 unspecified atom stereocenters. The van der Waals surface area contributed by atoms with E-state index in [-0.39, 0.29) is 28.9 Å². The van der Waals surface area contributed by atoms with Crippen LogP contribution < -0.4 is 4.18 Å². The molecule has 1 atom stereocenters. The van der Waals surface area contributed by atoms with Gasteiger partial charge in [0.25, 0.3) is 0 Å². The van der Waals surface area contributed by atoms with Gasteiger partial charge in [0.15, 0.2) is 0 Å². The van der Waals surface area contributed by atoms with E-state index in [0.29, 0.717) is 13.0 Å². The summed E-state index contributed by atoms with van der Waals surface area (Å²) in [5.41, 5.74) is 0.773. The fraction of sp³-hybridized carbons (Fsp3) is 0.632. The van der Waals surface area contributed by atoms with Crippen molar-refractivity contribution in [3.05, 3.63) is 29.8 Å². The third kappa shape index (κ3) is 7.46. The molecule has 0 fully saturated rings. The number of amides is 1. The van der Waals surface area contributed by atoms with Gasteiger partial charge in [-0.3, -0.25) is 4.79 Å². The average molecular weight is 370 g/mol. The lowest BCUT2D eigenvalue weighted by molar-refractivity contribution is -0.135. The number of carbonyl (C=O) groups is 1. The summed E-state index contributed by atoms with van der Waals surface area (Å²) in [6, 6.07) is 7.04. The molecule has 1 aromatic rings. The molecular formula is C19H31NO4S. The zero-order valence-corrected chi connectivity index (χ0v) is 17.0. The summed E-state index contributed by atoms with van der Waals surface area (Å²) in [5, 5.41) is 0. The van der Waals surface area contributed by atoms with Crippen molar-refractivity contribution in [1.82, 2.24) is 4.90 Å². The van der Waals surface area contributed by atoms with Gasteiger partial charge in [0.2, 0.25) is 5.91 Å². The molecule has 5 nitrogen and oxygen atoms in total. The summed E-state index contributed by atoms with van der Waals surface area (Å²) in [6.45, 7) is 12.2. The minimum Gasteiger partial charge on any atom is -0.382 e. The number of hydrogen-bond donors (Lipinski definition) is 0. The van der Waals surface area contributed by atoms with Crippen molar-refractivity contribution in [2.75, 3.05) is 5.75 Å². The molecule has 0 N–H and O–H groups in total. The Kier molecular flexibility index (Phi) is 7.47. The fourth-order valence-corrected chi connectivity index (χ4v) is 2.88. The van der Waals surface area contributed by atoms with E-state index in [2.05, 4.69) is 6.92 Å². The van der Waals surface area contributed by atoms with E-state index >= 15 is 0 Å². The Labute approximate surface area is 152 Å². The second-order valence-corrected chi connectivity index (χ2v) is 9.45. The molecular weight excluding hydrogens is 338 g/mol. The van der Waals surface area contributed by atoms with Crippen molar-refractivity contribution in [2.24, 2.45) is 5.41 Å². The monoisotopic (exact) mass is 369 g/mol. The topological polar surface area (TPSA) is 63.7 Å². The van der Waals surface area contributed by atoms with Crippen LogP contribution in [-0.4, -0.2) is 31.0 Å². The van der Waals surface area contributed by atoms with E-state index in [9.17, 15) is 13.2 Å². The van der Waals surface area contributed by atoms with Gasteiger partial charge in [-0.2, -0.15) is 8.42 Å². The molecule has 25 heavy (non-hydrogen) atoms. The second kappa shape index (κ2) is 8.70. The highest BCUT2D eigenvalue weighted by Gasteiger charge is 2.24. The second-order valence-electron chi connectivity index (χ2n) is 7.59. The lowest BCUT2D eigenvalue weighted by Crippen LogP contribution is -2.39. The summed E-state index contributed by atoms with van der Waals surface area (Å²) in [6.07, 6.45) is 1.33. The van der Waals surface area contributed by atoms with Crippen molar-refractivity contribution >= 4 is 16.0 Å². The molecule has 0 heterocycles. The quantitative estimate of drug-likeness (QED) is 0.650. The summed E-state index contributed by atoms with van der Waals surface area (Å²) in [7, 11) is -3.56. The van der Waals surface area contributed by atoms with Gasteiger partial charge in [0, 0.05) is 19.0 Å². The molecule has 0 spiro atoms. The molecule has 1 amide bonds. The number of hydrogen-bond acceptors (Lipinski definition) is 4. The van der Waals surface area contributed by atoms with Crippen LogP contribution in [0.5, 0.6) is 5.75 Å². The zero-order valence-electron chi connectivity index (χ0n) is 16.2. The van der Waals surface area contributed by atoms with E-state index in [0.717, 1.165) is 12.0 Å². The van der Waals surface area contributed by atoms with Gasteiger partial charge < -0.3 is 9.08 Å². The van der Waals surface area contributed by atoms with Crippen molar-refractivity contribution in [3.8, 4) is 5.75 Å². The molecule has 0 saturated heterocycles. The number of rotatable bonds is 8. The van der Waals surface area contributed by atoms with Gasteiger partial charge in [-0.05, 0) is 43.4 Å². The summed E-state index contributed by atoms with van der Waals surface area (Å²) >= 11 is 0. The molecule has 6 heteroatoms. The summed E-state index contributed by atoms with van der Waals surface area (Å²) in [5.74, 6) is 0.307. The SMILES string of the molecule is CCC(C)N(Cc1cccc(OS(=O)(=O)CC)c1)C(=O)CC(C)(C)C. The van der Waals surface area contributed by atoms with Crippen LogP contribution in [0.2, 0.25) is 0 Å². The molecule has 0 aliphatic rings. The molecule has 0 aromatic heterocycles. The minimum atomic E-state index is -3.56. The minimum absolute atomic E-state index is 0.0804. The van der Waals surface area contributed by atoms with E-state index in [1.54, 1.807) is 18.2 Å². The largest absolute Gasteiger partial charge is 0.382 e. The predicted octanol–water partition coefficient (Wildman–Crippen LogP) is 3.98. The molecule has 1 rings (SSSR count). The van der Waals surface area contributed by atoms with E-state index < -0.39 is 10.1 Å². The molecule has 0 bridgehead atoms. The summed E-state index contributed by atoms with van der Waals surface area (Å²) < 4.78 is 28.3. The van der Waals surface area contributed by atoms with Crippen molar-refractivity contribution in [3.63, 3.8) is 0 Å². The Morgan fingerprint density at radius 3 is 2.40 bits per heavy atom. The predicted molar refractivity (Wildman–Crippen MR) is 101 cm³/mol. The van der Waals surface area contributed by atoms with E-state index in [4.69, 9.17) is 4.18 Å².